The maximum atomic E-state index is 5.98. The summed E-state index contributed by atoms with van der Waals surface area (Å²) in [5.41, 5.74) is 1.54. The maximum Gasteiger partial charge on any atom is 0.161 e. The first-order chi connectivity index (χ1) is 7.18. The van der Waals surface area contributed by atoms with E-state index in [2.05, 4.69) is 10.2 Å². The maximum absolute atomic E-state index is 5.98. The van der Waals surface area contributed by atoms with E-state index in [0.29, 0.717) is 15.6 Å². The Balaban J connectivity index is 2.58. The van der Waals surface area contributed by atoms with E-state index in [1.165, 1.54) is 6.20 Å². The SMILES string of the molecule is Clc1ccc(-c2c(Cl)cnnc2Cl)cc1. The van der Waals surface area contributed by atoms with Crippen LogP contribution in [0.15, 0.2) is 30.5 Å². The third kappa shape index (κ3) is 2.23. The second kappa shape index (κ2) is 4.35. The van der Waals surface area contributed by atoms with Crippen molar-refractivity contribution in [1.29, 1.82) is 0 Å². The molecule has 76 valence electrons. The lowest BCUT2D eigenvalue weighted by molar-refractivity contribution is 1.03. The highest BCUT2D eigenvalue weighted by molar-refractivity contribution is 6.38. The smallest absolute Gasteiger partial charge is 0.156 e. The van der Waals surface area contributed by atoms with Crippen molar-refractivity contribution < 1.29 is 0 Å². The summed E-state index contributed by atoms with van der Waals surface area (Å²) < 4.78 is 0. The van der Waals surface area contributed by atoms with Gasteiger partial charge in [0, 0.05) is 10.6 Å². The van der Waals surface area contributed by atoms with Crippen LogP contribution in [0.3, 0.4) is 0 Å². The molecule has 15 heavy (non-hydrogen) atoms. The fourth-order valence-electron chi connectivity index (χ4n) is 1.22. The molecule has 0 amide bonds. The molecule has 0 fully saturated rings. The van der Waals surface area contributed by atoms with Gasteiger partial charge < -0.3 is 0 Å². The van der Waals surface area contributed by atoms with Gasteiger partial charge in [0.2, 0.25) is 0 Å². The standard InChI is InChI=1S/C10H5Cl3N2/c11-7-3-1-6(2-4-7)9-8(12)5-14-15-10(9)13/h1-5H. The van der Waals surface area contributed by atoms with Crippen molar-refractivity contribution in [3.8, 4) is 11.1 Å². The van der Waals surface area contributed by atoms with Gasteiger partial charge in [-0.15, -0.1) is 5.10 Å². The first-order valence-electron chi connectivity index (χ1n) is 4.11. The van der Waals surface area contributed by atoms with Crippen LogP contribution in [0.25, 0.3) is 11.1 Å². The molecular formula is C10H5Cl3N2. The number of hydrogen-bond acceptors (Lipinski definition) is 2. The van der Waals surface area contributed by atoms with Gasteiger partial charge in [-0.1, -0.05) is 46.9 Å². The van der Waals surface area contributed by atoms with Crippen LogP contribution in [-0.4, -0.2) is 10.2 Å². The number of benzene rings is 1. The Morgan fingerprint density at radius 3 is 2.20 bits per heavy atom. The van der Waals surface area contributed by atoms with Crippen molar-refractivity contribution in [2.45, 2.75) is 0 Å². The molecule has 5 heteroatoms. The van der Waals surface area contributed by atoms with Gasteiger partial charge in [0.25, 0.3) is 0 Å². The molecule has 2 rings (SSSR count). The molecule has 0 saturated heterocycles. The van der Waals surface area contributed by atoms with Crippen molar-refractivity contribution in [2.24, 2.45) is 0 Å². The number of aromatic nitrogens is 2. The molecule has 0 bridgehead atoms. The van der Waals surface area contributed by atoms with Crippen LogP contribution in [-0.2, 0) is 0 Å². The number of halogens is 3. The molecule has 0 radical (unpaired) electrons. The van der Waals surface area contributed by atoms with Gasteiger partial charge in [-0.2, -0.15) is 5.10 Å². The summed E-state index contributed by atoms with van der Waals surface area (Å²) >= 11 is 17.7. The lowest BCUT2D eigenvalue weighted by atomic mass is 10.1. The topological polar surface area (TPSA) is 25.8 Å². The van der Waals surface area contributed by atoms with E-state index in [-0.39, 0.29) is 5.15 Å². The highest BCUT2D eigenvalue weighted by Crippen LogP contribution is 2.32. The average Bonchev–Trinajstić information content (AvgIpc) is 2.20. The molecule has 1 aromatic heterocycles. The van der Waals surface area contributed by atoms with Gasteiger partial charge in [0.1, 0.15) is 0 Å². The summed E-state index contributed by atoms with van der Waals surface area (Å²) in [6, 6.07) is 7.20. The minimum Gasteiger partial charge on any atom is -0.156 e. The molecule has 0 unspecified atom stereocenters. The zero-order valence-corrected chi connectivity index (χ0v) is 9.68. The summed E-state index contributed by atoms with van der Waals surface area (Å²) in [6.07, 6.45) is 1.46. The Kier molecular flexibility index (Phi) is 3.10. The fraction of sp³-hybridized carbons (Fsp3) is 0. The first-order valence-corrected chi connectivity index (χ1v) is 5.24. The van der Waals surface area contributed by atoms with Crippen LogP contribution < -0.4 is 0 Å². The van der Waals surface area contributed by atoms with Crippen LogP contribution in [0.4, 0.5) is 0 Å². The summed E-state index contributed by atoms with van der Waals surface area (Å²) in [5.74, 6) is 0. The third-order valence-corrected chi connectivity index (χ3v) is 2.70. The van der Waals surface area contributed by atoms with E-state index in [1.807, 2.05) is 12.1 Å². The Labute approximate surface area is 102 Å². The molecule has 0 saturated carbocycles. The van der Waals surface area contributed by atoms with Crippen LogP contribution >= 0.6 is 34.8 Å². The van der Waals surface area contributed by atoms with Gasteiger partial charge in [-0.05, 0) is 17.7 Å². The Bertz CT molecular complexity index is 462. The molecule has 0 aliphatic rings. The minimum absolute atomic E-state index is 0.282. The highest BCUT2D eigenvalue weighted by atomic mass is 35.5. The molecular weight excluding hydrogens is 254 g/mol. The van der Waals surface area contributed by atoms with Gasteiger partial charge in [-0.3, -0.25) is 0 Å². The van der Waals surface area contributed by atoms with E-state index < -0.39 is 0 Å². The van der Waals surface area contributed by atoms with Crippen LogP contribution in [0, 0.1) is 0 Å². The highest BCUT2D eigenvalue weighted by Gasteiger charge is 2.09. The van der Waals surface area contributed by atoms with E-state index in [1.54, 1.807) is 12.1 Å². The normalized spacial score (nSPS) is 10.3. The van der Waals surface area contributed by atoms with Gasteiger partial charge >= 0.3 is 0 Å². The molecule has 0 aliphatic carbocycles. The molecule has 0 atom stereocenters. The molecule has 1 heterocycles. The van der Waals surface area contributed by atoms with Crippen molar-refractivity contribution >= 4 is 34.8 Å². The monoisotopic (exact) mass is 258 g/mol. The van der Waals surface area contributed by atoms with Crippen molar-refractivity contribution in [3.63, 3.8) is 0 Å². The largest absolute Gasteiger partial charge is 0.161 e. The average molecular weight is 260 g/mol. The zero-order valence-electron chi connectivity index (χ0n) is 7.42. The molecule has 0 N–H and O–H groups in total. The lowest BCUT2D eigenvalue weighted by Gasteiger charge is -2.04. The van der Waals surface area contributed by atoms with Crippen molar-refractivity contribution in [2.75, 3.05) is 0 Å². The second-order valence-electron chi connectivity index (χ2n) is 2.87. The predicted molar refractivity (Wildman–Crippen MR) is 62.5 cm³/mol. The molecule has 0 aliphatic heterocycles. The predicted octanol–water partition coefficient (Wildman–Crippen LogP) is 4.10. The Hall–Kier alpha value is -0.830. The van der Waals surface area contributed by atoms with E-state index in [9.17, 15) is 0 Å². The van der Waals surface area contributed by atoms with Gasteiger partial charge in [0.15, 0.2) is 5.15 Å². The van der Waals surface area contributed by atoms with Gasteiger partial charge in [0.05, 0.1) is 11.2 Å². The van der Waals surface area contributed by atoms with E-state index in [4.69, 9.17) is 34.8 Å². The number of rotatable bonds is 1. The minimum atomic E-state index is 0.282. The molecule has 0 spiro atoms. The first kappa shape index (κ1) is 10.7. The molecule has 2 aromatic rings. The van der Waals surface area contributed by atoms with Gasteiger partial charge in [-0.25, -0.2) is 0 Å². The lowest BCUT2D eigenvalue weighted by Crippen LogP contribution is -1.87. The quantitative estimate of drug-likeness (QED) is 0.770. The number of nitrogens with zero attached hydrogens (tertiary/aromatic N) is 2. The van der Waals surface area contributed by atoms with Crippen LogP contribution in [0.1, 0.15) is 0 Å². The van der Waals surface area contributed by atoms with Crippen molar-refractivity contribution in [3.05, 3.63) is 45.7 Å². The zero-order chi connectivity index (χ0) is 10.8. The molecule has 2 nitrogen and oxygen atoms in total. The number of hydrogen-bond donors (Lipinski definition) is 0. The Morgan fingerprint density at radius 1 is 0.933 bits per heavy atom. The second-order valence-corrected chi connectivity index (χ2v) is 4.07. The summed E-state index contributed by atoms with van der Waals surface area (Å²) in [4.78, 5) is 0. The Morgan fingerprint density at radius 2 is 1.60 bits per heavy atom. The van der Waals surface area contributed by atoms with E-state index in [0.717, 1.165) is 5.56 Å². The molecule has 1 aromatic carbocycles. The van der Waals surface area contributed by atoms with E-state index >= 15 is 0 Å². The fourth-order valence-corrected chi connectivity index (χ4v) is 1.89. The van der Waals surface area contributed by atoms with Crippen LogP contribution in [0.5, 0.6) is 0 Å². The van der Waals surface area contributed by atoms with Crippen molar-refractivity contribution in [1.82, 2.24) is 10.2 Å². The summed E-state index contributed by atoms with van der Waals surface area (Å²) in [6.45, 7) is 0. The van der Waals surface area contributed by atoms with Crippen LogP contribution in [0.2, 0.25) is 15.2 Å². The third-order valence-electron chi connectivity index (χ3n) is 1.89. The summed E-state index contributed by atoms with van der Waals surface area (Å²) in [7, 11) is 0. The summed E-state index contributed by atoms with van der Waals surface area (Å²) in [5, 5.41) is 8.80.